The Labute approximate surface area is 86.1 Å². The van der Waals surface area contributed by atoms with Crippen LogP contribution in [0.25, 0.3) is 0 Å². The van der Waals surface area contributed by atoms with Gasteiger partial charge in [0.2, 0.25) is 0 Å². The molecule has 1 rings (SSSR count). The largest absolute Gasteiger partial charge is 0.394 e. The van der Waals surface area contributed by atoms with Crippen molar-refractivity contribution < 1.29 is 30.0 Å². The minimum atomic E-state index is -2.30. The summed E-state index contributed by atoms with van der Waals surface area (Å²) in [5, 5.41) is 37.6. The average Bonchev–Trinajstić information content (AvgIpc) is 2.20. The van der Waals surface area contributed by atoms with Gasteiger partial charge in [0.05, 0.1) is 12.6 Å². The van der Waals surface area contributed by atoms with E-state index in [1.807, 2.05) is 0 Å². The normalized spacial score (nSPS) is 46.5. The van der Waals surface area contributed by atoms with Crippen LogP contribution in [0.15, 0.2) is 0 Å². The number of Topliss-reactive ketones (excluding diaryl/α,β-unsaturated/α-hetero) is 1. The van der Waals surface area contributed by atoms with E-state index < -0.39 is 42.5 Å². The monoisotopic (exact) mass is 221 g/mol. The van der Waals surface area contributed by atoms with Crippen molar-refractivity contribution in [3.05, 3.63) is 0 Å². The van der Waals surface area contributed by atoms with E-state index in [-0.39, 0.29) is 0 Å². The second-order valence-corrected chi connectivity index (χ2v) is 3.60. The molecule has 0 spiro atoms. The van der Waals surface area contributed by atoms with E-state index in [0.29, 0.717) is 0 Å². The van der Waals surface area contributed by atoms with E-state index in [1.54, 1.807) is 0 Å². The van der Waals surface area contributed by atoms with Gasteiger partial charge in [0.1, 0.15) is 12.2 Å². The molecule has 7 heteroatoms. The van der Waals surface area contributed by atoms with Gasteiger partial charge in [-0.3, -0.25) is 4.79 Å². The molecule has 1 heterocycles. The topological polar surface area (TPSA) is 133 Å². The van der Waals surface area contributed by atoms with Crippen LogP contribution < -0.4 is 5.73 Å². The van der Waals surface area contributed by atoms with Gasteiger partial charge >= 0.3 is 0 Å². The molecule has 0 aliphatic carbocycles. The van der Waals surface area contributed by atoms with Crippen molar-refractivity contribution in [1.29, 1.82) is 0 Å². The zero-order valence-electron chi connectivity index (χ0n) is 8.20. The van der Waals surface area contributed by atoms with Crippen molar-refractivity contribution in [2.45, 2.75) is 37.1 Å². The third-order valence-electron chi connectivity index (χ3n) is 2.68. The third kappa shape index (κ3) is 1.78. The van der Waals surface area contributed by atoms with Crippen molar-refractivity contribution in [1.82, 2.24) is 0 Å². The summed E-state index contributed by atoms with van der Waals surface area (Å²) in [6, 6.07) is -1.45. The highest BCUT2D eigenvalue weighted by atomic mass is 16.6. The molecule has 5 atom stereocenters. The van der Waals surface area contributed by atoms with Gasteiger partial charge in [0, 0.05) is 0 Å². The smallest absolute Gasteiger partial charge is 0.173 e. The third-order valence-corrected chi connectivity index (χ3v) is 2.68. The van der Waals surface area contributed by atoms with Crippen molar-refractivity contribution in [3.63, 3.8) is 0 Å². The molecular weight excluding hydrogens is 206 g/mol. The van der Waals surface area contributed by atoms with Crippen LogP contribution in [-0.2, 0) is 9.53 Å². The van der Waals surface area contributed by atoms with Gasteiger partial charge in [0.15, 0.2) is 17.7 Å². The molecule has 1 fully saturated rings. The first-order valence-electron chi connectivity index (χ1n) is 4.47. The Kier molecular flexibility index (Phi) is 3.44. The first-order valence-corrected chi connectivity index (χ1v) is 4.47. The molecule has 6 N–H and O–H groups in total. The van der Waals surface area contributed by atoms with Crippen LogP contribution in [0.2, 0.25) is 0 Å². The molecule has 1 unspecified atom stereocenters. The summed E-state index contributed by atoms with van der Waals surface area (Å²) < 4.78 is 4.72. The summed E-state index contributed by atoms with van der Waals surface area (Å²) in [6.45, 7) is 0.399. The summed E-state index contributed by atoms with van der Waals surface area (Å²) in [6.07, 6.45) is -4.52. The minimum absolute atomic E-state index is 0.638. The van der Waals surface area contributed by atoms with Gasteiger partial charge in [-0.1, -0.05) is 0 Å². The number of nitrogens with two attached hydrogens (primary N) is 1. The lowest BCUT2D eigenvalue weighted by molar-refractivity contribution is -0.274. The molecule has 0 saturated carbocycles. The molecule has 1 aliphatic heterocycles. The quantitative estimate of drug-likeness (QED) is 0.330. The number of rotatable bonds is 2. The number of aliphatic hydroxyl groups is 4. The van der Waals surface area contributed by atoms with Crippen LogP contribution in [0.3, 0.4) is 0 Å². The van der Waals surface area contributed by atoms with Crippen LogP contribution in [0.4, 0.5) is 0 Å². The van der Waals surface area contributed by atoms with Crippen LogP contribution in [-0.4, -0.2) is 63.0 Å². The predicted octanol–water partition coefficient (Wildman–Crippen LogP) is -3.30. The van der Waals surface area contributed by atoms with E-state index >= 15 is 0 Å². The van der Waals surface area contributed by atoms with Crippen molar-refractivity contribution in [3.8, 4) is 0 Å². The van der Waals surface area contributed by atoms with Gasteiger partial charge in [-0.05, 0) is 6.92 Å². The fourth-order valence-electron chi connectivity index (χ4n) is 1.62. The first-order chi connectivity index (χ1) is 6.85. The molecule has 7 nitrogen and oxygen atoms in total. The van der Waals surface area contributed by atoms with E-state index in [9.17, 15) is 20.1 Å². The van der Waals surface area contributed by atoms with Gasteiger partial charge < -0.3 is 30.9 Å². The number of carbonyl (C=O) groups is 1. The minimum Gasteiger partial charge on any atom is -0.394 e. The summed E-state index contributed by atoms with van der Waals surface area (Å²) in [4.78, 5) is 11.2. The number of carbonyl (C=O) groups excluding carboxylic acids is 1. The number of hydrogen-bond acceptors (Lipinski definition) is 7. The number of aliphatic hydroxyl groups excluding tert-OH is 3. The van der Waals surface area contributed by atoms with Gasteiger partial charge in [-0.15, -0.1) is 0 Å². The lowest BCUT2D eigenvalue weighted by Crippen LogP contribution is -2.72. The molecule has 0 aromatic carbocycles. The van der Waals surface area contributed by atoms with Crippen LogP contribution in [0.1, 0.15) is 6.92 Å². The fraction of sp³-hybridized carbons (Fsp3) is 0.875. The standard InChI is InChI=1S/C8H15NO6/c1-3(11)8(14)5(9)7(13)15-4(2-10)6(8)12/h4-7,10,12-14H,2,9H2,1H3/t4-,5+,6-,7?,8-/m1/s1. The second kappa shape index (κ2) is 4.12. The Bertz CT molecular complexity index is 260. The summed E-state index contributed by atoms with van der Waals surface area (Å²) in [5.74, 6) is -0.789. The zero-order valence-corrected chi connectivity index (χ0v) is 8.20. The molecule has 0 radical (unpaired) electrons. The number of hydrogen-bond donors (Lipinski definition) is 5. The summed E-state index contributed by atoms with van der Waals surface area (Å²) >= 11 is 0. The maximum atomic E-state index is 11.2. The molecule has 0 aromatic rings. The maximum Gasteiger partial charge on any atom is 0.173 e. The molecular formula is C8H15NO6. The lowest BCUT2D eigenvalue weighted by atomic mass is 9.80. The average molecular weight is 221 g/mol. The summed E-state index contributed by atoms with van der Waals surface area (Å²) in [5.41, 5.74) is 3.08. The van der Waals surface area contributed by atoms with Crippen molar-refractivity contribution >= 4 is 5.78 Å². The molecule has 1 aliphatic rings. The van der Waals surface area contributed by atoms with Gasteiger partial charge in [-0.2, -0.15) is 0 Å². The number of ketones is 1. The maximum absolute atomic E-state index is 11.2. The van der Waals surface area contributed by atoms with E-state index in [4.69, 9.17) is 15.6 Å². The Hall–Kier alpha value is -0.570. The highest BCUT2D eigenvalue weighted by molar-refractivity contribution is 5.86. The first kappa shape index (κ1) is 12.5. The van der Waals surface area contributed by atoms with Gasteiger partial charge in [0.25, 0.3) is 0 Å². The molecule has 1 saturated heterocycles. The highest BCUT2D eigenvalue weighted by Crippen LogP contribution is 2.28. The van der Waals surface area contributed by atoms with Gasteiger partial charge in [-0.25, -0.2) is 0 Å². The van der Waals surface area contributed by atoms with Crippen LogP contribution >= 0.6 is 0 Å². The zero-order chi connectivity index (χ0) is 11.8. The SMILES string of the molecule is CC(=O)[C@]1(O)[C@H](O)[C@@H](CO)OC(O)[C@@H]1N. The fourth-order valence-corrected chi connectivity index (χ4v) is 1.62. The van der Waals surface area contributed by atoms with Crippen molar-refractivity contribution in [2.75, 3.05) is 6.61 Å². The Morgan fingerprint density at radius 2 is 2.07 bits per heavy atom. The van der Waals surface area contributed by atoms with E-state index in [1.165, 1.54) is 0 Å². The lowest BCUT2D eigenvalue weighted by Gasteiger charge is -2.45. The highest BCUT2D eigenvalue weighted by Gasteiger charge is 2.56. The molecule has 0 aromatic heterocycles. The molecule has 15 heavy (non-hydrogen) atoms. The second-order valence-electron chi connectivity index (χ2n) is 3.60. The Morgan fingerprint density at radius 3 is 2.47 bits per heavy atom. The van der Waals surface area contributed by atoms with E-state index in [2.05, 4.69) is 0 Å². The predicted molar refractivity (Wildman–Crippen MR) is 47.6 cm³/mol. The van der Waals surface area contributed by atoms with Crippen LogP contribution in [0, 0.1) is 0 Å². The van der Waals surface area contributed by atoms with Crippen molar-refractivity contribution in [2.24, 2.45) is 5.73 Å². The number of ether oxygens (including phenoxy) is 1. The molecule has 0 bridgehead atoms. The molecule has 0 amide bonds. The summed E-state index contributed by atoms with van der Waals surface area (Å²) in [7, 11) is 0. The Balaban J connectivity index is 3.04. The molecule has 88 valence electrons. The van der Waals surface area contributed by atoms with E-state index in [0.717, 1.165) is 6.92 Å². The Morgan fingerprint density at radius 1 is 1.53 bits per heavy atom. The van der Waals surface area contributed by atoms with Crippen LogP contribution in [0.5, 0.6) is 0 Å².